The molecule has 2 aromatic carbocycles. The van der Waals surface area contributed by atoms with E-state index in [1.54, 1.807) is 0 Å². The predicted octanol–water partition coefficient (Wildman–Crippen LogP) is 11.0. The van der Waals surface area contributed by atoms with Gasteiger partial charge in [0.05, 0.1) is 22.5 Å². The normalized spacial score (nSPS) is 16.9. The van der Waals surface area contributed by atoms with Crippen LogP contribution in [-0.4, -0.2) is 24.9 Å². The molecule has 42 heavy (non-hydrogen) atoms. The van der Waals surface area contributed by atoms with E-state index in [0.717, 1.165) is 70.0 Å². The quantitative estimate of drug-likeness (QED) is 0.122. The van der Waals surface area contributed by atoms with Crippen LogP contribution in [0, 0.1) is 5.92 Å². The Hall–Kier alpha value is -1.92. The van der Waals surface area contributed by atoms with Crippen molar-refractivity contribution in [1.29, 1.82) is 0 Å². The molecule has 0 saturated heterocycles. The van der Waals surface area contributed by atoms with E-state index in [2.05, 4.69) is 52.6 Å². The van der Waals surface area contributed by atoms with Crippen LogP contribution in [0.1, 0.15) is 122 Å². The van der Waals surface area contributed by atoms with Crippen molar-refractivity contribution in [3.8, 4) is 0 Å². The van der Waals surface area contributed by atoms with E-state index in [1.807, 2.05) is 46.2 Å². The summed E-state index contributed by atoms with van der Waals surface area (Å²) < 4.78 is 1.88. The van der Waals surface area contributed by atoms with Crippen molar-refractivity contribution >= 4 is 66.2 Å². The largest absolute Gasteiger partial charge is 0.308 e. The lowest BCUT2D eigenvalue weighted by atomic mass is 9.96. The molecule has 0 bridgehead atoms. The van der Waals surface area contributed by atoms with Gasteiger partial charge in [-0.1, -0.05) is 142 Å². The van der Waals surface area contributed by atoms with E-state index in [1.165, 1.54) is 51.4 Å². The number of hydrogen-bond acceptors (Lipinski definition) is 2. The summed E-state index contributed by atoms with van der Waals surface area (Å²) in [5.41, 5.74) is 4.67. The smallest absolute Gasteiger partial charge is 0.259 e. The van der Waals surface area contributed by atoms with Crippen LogP contribution in [0.25, 0.3) is 11.1 Å². The summed E-state index contributed by atoms with van der Waals surface area (Å²) in [6, 6.07) is 12.0. The molecule has 1 atom stereocenters. The van der Waals surface area contributed by atoms with Crippen molar-refractivity contribution < 1.29 is 9.59 Å². The van der Waals surface area contributed by atoms with Crippen LogP contribution in [0.3, 0.4) is 0 Å². The van der Waals surface area contributed by atoms with Gasteiger partial charge in [0.2, 0.25) is 0 Å². The molecule has 0 saturated carbocycles. The topological polar surface area (TPSA) is 40.6 Å². The first kappa shape index (κ1) is 33.0. The maximum absolute atomic E-state index is 14.2. The molecule has 0 spiro atoms. The standard InChI is InChI=1S/C36H48Br2N2O2/c1-4-7-9-10-11-12-13-14-15-16-22-39-31-23-27(37)18-20-29(31)33(35(39)41)34-30-21-19-28(38)24-32(30)40(36(34)42)25-26(6-3)17-8-5-2/h18-21,23-24,26H,4-17,22,25H2,1-3H3/b34-33+. The van der Waals surface area contributed by atoms with Crippen LogP contribution < -0.4 is 9.80 Å². The summed E-state index contributed by atoms with van der Waals surface area (Å²) in [5.74, 6) is 0.340. The lowest BCUT2D eigenvalue weighted by Gasteiger charge is -2.23. The lowest BCUT2D eigenvalue weighted by molar-refractivity contribution is -0.114. The van der Waals surface area contributed by atoms with Gasteiger partial charge in [-0.25, -0.2) is 0 Å². The molecule has 2 aliphatic heterocycles. The average Bonchev–Trinajstić information content (AvgIpc) is 3.39. The third-order valence-electron chi connectivity index (χ3n) is 8.93. The van der Waals surface area contributed by atoms with E-state index >= 15 is 0 Å². The van der Waals surface area contributed by atoms with Crippen LogP contribution in [0.2, 0.25) is 0 Å². The van der Waals surface area contributed by atoms with Crippen LogP contribution in [0.5, 0.6) is 0 Å². The maximum atomic E-state index is 14.2. The highest BCUT2D eigenvalue weighted by molar-refractivity contribution is 9.10. The minimum Gasteiger partial charge on any atom is -0.308 e. The summed E-state index contributed by atoms with van der Waals surface area (Å²) in [6.07, 6.45) is 17.0. The molecule has 0 radical (unpaired) electrons. The maximum Gasteiger partial charge on any atom is 0.259 e. The van der Waals surface area contributed by atoms with Gasteiger partial charge in [0.25, 0.3) is 11.8 Å². The first-order valence-corrected chi connectivity index (χ1v) is 18.0. The fourth-order valence-corrected chi connectivity index (χ4v) is 7.12. The highest BCUT2D eigenvalue weighted by Gasteiger charge is 2.42. The molecule has 2 amide bonds. The molecule has 0 aliphatic carbocycles. The van der Waals surface area contributed by atoms with Gasteiger partial charge in [0.1, 0.15) is 0 Å². The number of anilines is 2. The Balaban J connectivity index is 1.55. The molecule has 0 N–H and O–H groups in total. The Bertz CT molecular complexity index is 1270. The molecule has 2 heterocycles. The van der Waals surface area contributed by atoms with Crippen molar-refractivity contribution in [3.63, 3.8) is 0 Å². The fourth-order valence-electron chi connectivity index (χ4n) is 6.42. The molecule has 4 nitrogen and oxygen atoms in total. The van der Waals surface area contributed by atoms with E-state index in [-0.39, 0.29) is 11.8 Å². The van der Waals surface area contributed by atoms with Gasteiger partial charge in [-0.3, -0.25) is 9.59 Å². The fraction of sp³-hybridized carbons (Fsp3) is 0.556. The number of unbranched alkanes of at least 4 members (excludes halogenated alkanes) is 10. The zero-order valence-electron chi connectivity index (χ0n) is 25.8. The minimum atomic E-state index is -0.0453. The van der Waals surface area contributed by atoms with Crippen LogP contribution >= 0.6 is 31.9 Å². The van der Waals surface area contributed by atoms with Crippen molar-refractivity contribution in [1.82, 2.24) is 0 Å². The third kappa shape index (κ3) is 7.77. The molecule has 0 aromatic heterocycles. The van der Waals surface area contributed by atoms with E-state index < -0.39 is 0 Å². The second-order valence-electron chi connectivity index (χ2n) is 12.0. The average molecular weight is 701 g/mol. The number of halogens is 2. The Morgan fingerprint density at radius 1 is 0.619 bits per heavy atom. The number of benzene rings is 2. The number of fused-ring (bicyclic) bond motifs is 2. The third-order valence-corrected chi connectivity index (χ3v) is 9.91. The Morgan fingerprint density at radius 2 is 1.10 bits per heavy atom. The zero-order chi connectivity index (χ0) is 30.1. The number of nitrogens with zero attached hydrogens (tertiary/aromatic N) is 2. The molecular formula is C36H48Br2N2O2. The van der Waals surface area contributed by atoms with Gasteiger partial charge in [-0.15, -0.1) is 0 Å². The second kappa shape index (κ2) is 16.2. The summed E-state index contributed by atoms with van der Waals surface area (Å²) in [6.45, 7) is 8.04. The molecule has 1 unspecified atom stereocenters. The van der Waals surface area contributed by atoms with Crippen molar-refractivity contribution in [2.24, 2.45) is 5.92 Å². The second-order valence-corrected chi connectivity index (χ2v) is 13.9. The predicted molar refractivity (Wildman–Crippen MR) is 185 cm³/mol. The molecule has 2 aliphatic rings. The highest BCUT2D eigenvalue weighted by Crippen LogP contribution is 2.48. The van der Waals surface area contributed by atoms with E-state index in [0.29, 0.717) is 30.2 Å². The van der Waals surface area contributed by atoms with Crippen molar-refractivity contribution in [2.75, 3.05) is 22.9 Å². The van der Waals surface area contributed by atoms with Crippen molar-refractivity contribution in [3.05, 3.63) is 56.5 Å². The highest BCUT2D eigenvalue weighted by atomic mass is 79.9. The Morgan fingerprint density at radius 3 is 1.62 bits per heavy atom. The lowest BCUT2D eigenvalue weighted by Crippen LogP contribution is -2.33. The SMILES string of the molecule is CCCCCCCCCCCCN1C(=O)/C(=C2/C(=O)N(CC(CC)CCCC)c3cc(Br)ccc32)c2ccc(Br)cc21. The zero-order valence-corrected chi connectivity index (χ0v) is 29.0. The number of carbonyl (C=O) groups is 2. The molecule has 0 fully saturated rings. The monoisotopic (exact) mass is 698 g/mol. The molecular weight excluding hydrogens is 652 g/mol. The summed E-state index contributed by atoms with van der Waals surface area (Å²) >= 11 is 7.25. The van der Waals surface area contributed by atoms with E-state index in [4.69, 9.17) is 0 Å². The Kier molecular flexibility index (Phi) is 12.7. The first-order valence-electron chi connectivity index (χ1n) is 16.4. The van der Waals surface area contributed by atoms with Gasteiger partial charge >= 0.3 is 0 Å². The summed E-state index contributed by atoms with van der Waals surface area (Å²) in [5, 5.41) is 0. The minimum absolute atomic E-state index is 0.0453. The van der Waals surface area contributed by atoms with Gasteiger partial charge < -0.3 is 9.80 Å². The molecule has 2 aromatic rings. The first-order chi connectivity index (χ1) is 20.4. The number of carbonyl (C=O) groups excluding carboxylic acids is 2. The Labute approximate surface area is 270 Å². The van der Waals surface area contributed by atoms with Gasteiger partial charge in [-0.2, -0.15) is 0 Å². The number of rotatable bonds is 17. The molecule has 6 heteroatoms. The number of amides is 2. The summed E-state index contributed by atoms with van der Waals surface area (Å²) in [7, 11) is 0. The molecule has 4 rings (SSSR count). The van der Waals surface area contributed by atoms with Gasteiger partial charge in [-0.05, 0) is 43.0 Å². The van der Waals surface area contributed by atoms with E-state index in [9.17, 15) is 9.59 Å². The summed E-state index contributed by atoms with van der Waals surface area (Å²) in [4.78, 5) is 32.3. The molecule has 228 valence electrons. The van der Waals surface area contributed by atoms with Gasteiger partial charge in [0, 0.05) is 33.2 Å². The van der Waals surface area contributed by atoms with Crippen LogP contribution in [-0.2, 0) is 9.59 Å². The number of hydrogen-bond donors (Lipinski definition) is 0. The van der Waals surface area contributed by atoms with Crippen LogP contribution in [0.4, 0.5) is 11.4 Å². The van der Waals surface area contributed by atoms with Crippen molar-refractivity contribution in [2.45, 2.75) is 111 Å². The van der Waals surface area contributed by atoms with Crippen LogP contribution in [0.15, 0.2) is 45.3 Å². The van der Waals surface area contributed by atoms with Gasteiger partial charge in [0.15, 0.2) is 0 Å².